The van der Waals surface area contributed by atoms with E-state index >= 15 is 0 Å². The van der Waals surface area contributed by atoms with Gasteiger partial charge in [0.1, 0.15) is 0 Å². The summed E-state index contributed by atoms with van der Waals surface area (Å²) in [6.45, 7) is 8.25. The van der Waals surface area contributed by atoms with Crippen LogP contribution in [0.2, 0.25) is 0 Å². The number of thiophene rings is 1. The van der Waals surface area contributed by atoms with Crippen LogP contribution in [0.3, 0.4) is 0 Å². The van der Waals surface area contributed by atoms with Crippen molar-refractivity contribution in [3.05, 3.63) is 22.4 Å². The zero-order valence-corrected chi connectivity index (χ0v) is 13.0. The molecular weight excluding hydrogens is 252 g/mol. The summed E-state index contributed by atoms with van der Waals surface area (Å²) in [7, 11) is 0. The van der Waals surface area contributed by atoms with Gasteiger partial charge < -0.3 is 5.32 Å². The number of hydrogen-bond acceptors (Lipinski definition) is 3. The van der Waals surface area contributed by atoms with E-state index in [0.29, 0.717) is 6.04 Å². The highest BCUT2D eigenvalue weighted by Crippen LogP contribution is 2.37. The summed E-state index contributed by atoms with van der Waals surface area (Å²) in [4.78, 5) is 2.75. The van der Waals surface area contributed by atoms with Gasteiger partial charge in [-0.05, 0) is 53.5 Å². The quantitative estimate of drug-likeness (QED) is 0.888. The van der Waals surface area contributed by atoms with Crippen LogP contribution >= 0.6 is 11.3 Å². The molecule has 2 unspecified atom stereocenters. The molecule has 0 amide bonds. The van der Waals surface area contributed by atoms with Gasteiger partial charge in [0.2, 0.25) is 0 Å². The third-order valence-electron chi connectivity index (χ3n) is 4.43. The molecule has 0 aromatic carbocycles. The molecule has 2 nitrogen and oxygen atoms in total. The fraction of sp³-hybridized carbons (Fsp3) is 0.750. The Balaban J connectivity index is 1.64. The first-order chi connectivity index (χ1) is 9.22. The maximum Gasteiger partial charge on any atom is 0.0253 e. The summed E-state index contributed by atoms with van der Waals surface area (Å²) in [6, 6.07) is 3.76. The van der Waals surface area contributed by atoms with Gasteiger partial charge in [-0.3, -0.25) is 4.90 Å². The lowest BCUT2D eigenvalue weighted by Crippen LogP contribution is -2.57. The zero-order valence-electron chi connectivity index (χ0n) is 12.1. The molecule has 0 bridgehead atoms. The molecule has 19 heavy (non-hydrogen) atoms. The minimum atomic E-state index is 0.689. The maximum atomic E-state index is 3.79. The van der Waals surface area contributed by atoms with E-state index < -0.39 is 0 Å². The fourth-order valence-electron chi connectivity index (χ4n) is 3.37. The molecule has 106 valence electrons. The Hall–Kier alpha value is -0.380. The maximum absolute atomic E-state index is 3.79. The molecule has 2 atom stereocenters. The van der Waals surface area contributed by atoms with E-state index in [1.807, 2.05) is 11.3 Å². The predicted octanol–water partition coefficient (Wildman–Crippen LogP) is 3.35. The van der Waals surface area contributed by atoms with Crippen molar-refractivity contribution in [2.24, 2.45) is 11.8 Å². The van der Waals surface area contributed by atoms with Crippen molar-refractivity contribution in [1.82, 2.24) is 10.2 Å². The molecule has 2 fully saturated rings. The van der Waals surface area contributed by atoms with Crippen molar-refractivity contribution in [3.63, 3.8) is 0 Å². The van der Waals surface area contributed by atoms with E-state index in [2.05, 4.69) is 40.9 Å². The first-order valence-electron chi connectivity index (χ1n) is 7.71. The monoisotopic (exact) mass is 278 g/mol. The Morgan fingerprint density at radius 2 is 2.26 bits per heavy atom. The summed E-state index contributed by atoms with van der Waals surface area (Å²) < 4.78 is 0. The third-order valence-corrected chi connectivity index (χ3v) is 5.16. The van der Waals surface area contributed by atoms with Crippen LogP contribution in [-0.4, -0.2) is 30.1 Å². The van der Waals surface area contributed by atoms with E-state index in [0.717, 1.165) is 24.4 Å². The summed E-state index contributed by atoms with van der Waals surface area (Å²) >= 11 is 1.82. The van der Waals surface area contributed by atoms with E-state index in [4.69, 9.17) is 0 Å². The highest BCUT2D eigenvalue weighted by molar-refractivity contribution is 7.07. The first-order valence-corrected chi connectivity index (χ1v) is 8.65. The SMILES string of the molecule is CC(C)CC1CN(Cc2ccsc2)C(C2CC2)CN1. The molecule has 1 aliphatic carbocycles. The van der Waals surface area contributed by atoms with Gasteiger partial charge in [-0.15, -0.1) is 0 Å². The van der Waals surface area contributed by atoms with E-state index in [-0.39, 0.29) is 0 Å². The number of nitrogens with zero attached hydrogens (tertiary/aromatic N) is 1. The standard InChI is InChI=1S/C16H26N2S/c1-12(2)7-15-10-18(9-13-5-6-19-11-13)16(8-17-15)14-3-4-14/h5-6,11-12,14-17H,3-4,7-10H2,1-2H3. The van der Waals surface area contributed by atoms with Gasteiger partial charge in [0, 0.05) is 31.7 Å². The second-order valence-corrected chi connectivity index (χ2v) is 7.48. The molecule has 2 heterocycles. The second-order valence-electron chi connectivity index (χ2n) is 6.70. The van der Waals surface area contributed by atoms with Crippen molar-refractivity contribution >= 4 is 11.3 Å². The van der Waals surface area contributed by atoms with Crippen molar-refractivity contribution < 1.29 is 0 Å². The smallest absolute Gasteiger partial charge is 0.0253 e. The van der Waals surface area contributed by atoms with Gasteiger partial charge in [-0.1, -0.05) is 13.8 Å². The molecule has 1 aliphatic heterocycles. The van der Waals surface area contributed by atoms with Crippen LogP contribution < -0.4 is 5.32 Å². The number of piperazine rings is 1. The first kappa shape index (κ1) is 13.6. The normalized spacial score (nSPS) is 29.0. The Morgan fingerprint density at radius 3 is 2.89 bits per heavy atom. The van der Waals surface area contributed by atoms with Gasteiger partial charge in [-0.2, -0.15) is 11.3 Å². The summed E-state index contributed by atoms with van der Waals surface area (Å²) in [6.07, 6.45) is 4.19. The van der Waals surface area contributed by atoms with Crippen molar-refractivity contribution in [1.29, 1.82) is 0 Å². The minimum Gasteiger partial charge on any atom is -0.311 e. The van der Waals surface area contributed by atoms with Gasteiger partial charge in [0.05, 0.1) is 0 Å². The third kappa shape index (κ3) is 3.59. The lowest BCUT2D eigenvalue weighted by Gasteiger charge is -2.41. The van der Waals surface area contributed by atoms with Crippen LogP contribution in [0.4, 0.5) is 0 Å². The average molecular weight is 278 g/mol. The van der Waals surface area contributed by atoms with Crippen LogP contribution in [0.5, 0.6) is 0 Å². The second kappa shape index (κ2) is 5.94. The van der Waals surface area contributed by atoms with Crippen LogP contribution in [0, 0.1) is 11.8 Å². The average Bonchev–Trinajstić information content (AvgIpc) is 3.07. The van der Waals surface area contributed by atoms with Crippen molar-refractivity contribution in [3.8, 4) is 0 Å². The van der Waals surface area contributed by atoms with Crippen LogP contribution in [-0.2, 0) is 6.54 Å². The topological polar surface area (TPSA) is 15.3 Å². The summed E-state index contributed by atoms with van der Waals surface area (Å²) in [5, 5.41) is 8.30. The van der Waals surface area contributed by atoms with Crippen LogP contribution in [0.1, 0.15) is 38.7 Å². The molecule has 1 aromatic heterocycles. The molecule has 1 saturated heterocycles. The van der Waals surface area contributed by atoms with Crippen molar-refractivity contribution in [2.45, 2.75) is 51.7 Å². The van der Waals surface area contributed by atoms with Gasteiger partial charge >= 0.3 is 0 Å². The lowest BCUT2D eigenvalue weighted by atomic mass is 9.98. The molecule has 3 rings (SSSR count). The van der Waals surface area contributed by atoms with E-state index in [9.17, 15) is 0 Å². The largest absolute Gasteiger partial charge is 0.311 e. The highest BCUT2D eigenvalue weighted by atomic mass is 32.1. The summed E-state index contributed by atoms with van der Waals surface area (Å²) in [5.41, 5.74) is 1.50. The minimum absolute atomic E-state index is 0.689. The Kier molecular flexibility index (Phi) is 4.25. The highest BCUT2D eigenvalue weighted by Gasteiger charge is 2.38. The van der Waals surface area contributed by atoms with Crippen LogP contribution in [0.25, 0.3) is 0 Å². The Labute approximate surface area is 121 Å². The molecule has 1 saturated carbocycles. The van der Waals surface area contributed by atoms with Crippen LogP contribution in [0.15, 0.2) is 16.8 Å². The molecule has 2 aliphatic rings. The zero-order chi connectivity index (χ0) is 13.2. The molecule has 1 aromatic rings. The van der Waals surface area contributed by atoms with Gasteiger partial charge in [0.15, 0.2) is 0 Å². The van der Waals surface area contributed by atoms with Gasteiger partial charge in [0.25, 0.3) is 0 Å². The molecule has 0 radical (unpaired) electrons. The molecule has 3 heteroatoms. The number of hydrogen-bond donors (Lipinski definition) is 1. The molecule has 0 spiro atoms. The number of rotatable bonds is 5. The van der Waals surface area contributed by atoms with E-state index in [1.165, 1.54) is 37.9 Å². The fourth-order valence-corrected chi connectivity index (χ4v) is 4.03. The van der Waals surface area contributed by atoms with E-state index in [1.54, 1.807) is 0 Å². The molecule has 1 N–H and O–H groups in total. The molecular formula is C16H26N2S. The summed E-state index contributed by atoms with van der Waals surface area (Å²) in [5.74, 6) is 1.75. The number of nitrogens with one attached hydrogen (secondary N) is 1. The van der Waals surface area contributed by atoms with Gasteiger partial charge in [-0.25, -0.2) is 0 Å². The lowest BCUT2D eigenvalue weighted by molar-refractivity contribution is 0.100. The Morgan fingerprint density at radius 1 is 1.42 bits per heavy atom. The van der Waals surface area contributed by atoms with Crippen molar-refractivity contribution in [2.75, 3.05) is 13.1 Å². The predicted molar refractivity (Wildman–Crippen MR) is 82.5 cm³/mol. The Bertz CT molecular complexity index is 383.